The maximum Gasteiger partial charge on any atom is 0.0940 e. The van der Waals surface area contributed by atoms with Crippen LogP contribution >= 0.6 is 45.1 Å². The number of hydrogen-bond donors (Lipinski definition) is 4. The van der Waals surface area contributed by atoms with Crippen LogP contribution < -0.4 is 10.6 Å². The van der Waals surface area contributed by atoms with E-state index in [2.05, 4.69) is 63.9 Å². The summed E-state index contributed by atoms with van der Waals surface area (Å²) in [5, 5.41) is 23.5. The summed E-state index contributed by atoms with van der Waals surface area (Å²) in [5.41, 5.74) is 0.477. The number of thioether (sulfide) groups is 2. The minimum absolute atomic E-state index is 0.337. The van der Waals surface area contributed by atoms with Gasteiger partial charge in [-0.3, -0.25) is 10.8 Å². The second-order valence-electron chi connectivity index (χ2n) is 9.85. The van der Waals surface area contributed by atoms with E-state index in [1.54, 1.807) is 0 Å². The van der Waals surface area contributed by atoms with E-state index in [0.717, 1.165) is 60.1 Å². The van der Waals surface area contributed by atoms with Crippen LogP contribution in [0.3, 0.4) is 0 Å². The molecule has 188 valence electrons. The summed E-state index contributed by atoms with van der Waals surface area (Å²) >= 11 is 4.08. The second kappa shape index (κ2) is 16.1. The van der Waals surface area contributed by atoms with Crippen molar-refractivity contribution in [3.05, 3.63) is 0 Å². The standard InChI is InChI=1S/C24H48N4S4/c1-7-23(3,4)19-9-10-20(19)29-17-13-27-21(25)11-15-31-32-16-12-22(26)28-14-18-30-24(5,6)8-2/h19-20H,7-18H2,1-6H3,(H2,25,27)(H2,26,28). The van der Waals surface area contributed by atoms with E-state index in [0.29, 0.717) is 21.8 Å². The predicted molar refractivity (Wildman–Crippen MR) is 155 cm³/mol. The molecule has 2 unspecified atom stereocenters. The molecule has 0 bridgehead atoms. The Labute approximate surface area is 214 Å². The van der Waals surface area contributed by atoms with E-state index < -0.39 is 0 Å². The van der Waals surface area contributed by atoms with Crippen LogP contribution in [0.5, 0.6) is 0 Å². The lowest BCUT2D eigenvalue weighted by atomic mass is 9.66. The van der Waals surface area contributed by atoms with Gasteiger partial charge in [-0.15, -0.1) is 0 Å². The van der Waals surface area contributed by atoms with Gasteiger partial charge in [0.25, 0.3) is 0 Å². The van der Waals surface area contributed by atoms with Gasteiger partial charge in [-0.1, -0.05) is 69.6 Å². The summed E-state index contributed by atoms with van der Waals surface area (Å²) in [6, 6.07) is 0. The number of amidine groups is 2. The van der Waals surface area contributed by atoms with Gasteiger partial charge in [-0.05, 0) is 30.6 Å². The molecule has 4 nitrogen and oxygen atoms in total. The Morgan fingerprint density at radius 1 is 0.812 bits per heavy atom. The zero-order valence-electron chi connectivity index (χ0n) is 21.3. The summed E-state index contributed by atoms with van der Waals surface area (Å²) in [6.07, 6.45) is 6.80. The molecular weight excluding hydrogens is 473 g/mol. The topological polar surface area (TPSA) is 71.8 Å². The van der Waals surface area contributed by atoms with Crippen molar-refractivity contribution in [1.82, 2.24) is 10.6 Å². The molecule has 0 radical (unpaired) electrons. The van der Waals surface area contributed by atoms with Crippen molar-refractivity contribution in [1.29, 1.82) is 10.8 Å². The molecule has 4 N–H and O–H groups in total. The van der Waals surface area contributed by atoms with Gasteiger partial charge in [0, 0.05) is 58.9 Å². The summed E-state index contributed by atoms with van der Waals surface area (Å²) < 4.78 is 0.337. The molecule has 1 rings (SSSR count). The Morgan fingerprint density at radius 2 is 1.38 bits per heavy atom. The Balaban J connectivity index is 1.94. The van der Waals surface area contributed by atoms with Crippen LogP contribution in [-0.4, -0.2) is 57.8 Å². The summed E-state index contributed by atoms with van der Waals surface area (Å²) in [5.74, 6) is 6.26. The second-order valence-corrected chi connectivity index (χ2v) is 15.7. The number of rotatable bonds is 18. The fraction of sp³-hybridized carbons (Fsp3) is 0.917. The first kappa shape index (κ1) is 30.4. The van der Waals surface area contributed by atoms with E-state index in [-0.39, 0.29) is 0 Å². The van der Waals surface area contributed by atoms with Crippen molar-refractivity contribution in [2.45, 2.75) is 90.1 Å². The molecule has 1 fully saturated rings. The zero-order chi connectivity index (χ0) is 24.0. The fourth-order valence-corrected chi connectivity index (χ4v) is 7.99. The molecule has 0 aromatic rings. The first-order chi connectivity index (χ1) is 15.1. The van der Waals surface area contributed by atoms with Crippen LogP contribution in [0.4, 0.5) is 0 Å². The van der Waals surface area contributed by atoms with Crippen molar-refractivity contribution >= 4 is 56.8 Å². The van der Waals surface area contributed by atoms with E-state index >= 15 is 0 Å². The van der Waals surface area contributed by atoms with Gasteiger partial charge in [0.1, 0.15) is 0 Å². The molecule has 0 aromatic carbocycles. The zero-order valence-corrected chi connectivity index (χ0v) is 24.5. The Hall–Kier alpha value is 0.340. The first-order valence-electron chi connectivity index (χ1n) is 12.2. The molecule has 0 saturated heterocycles. The Kier molecular flexibility index (Phi) is 15.3. The van der Waals surface area contributed by atoms with E-state index in [9.17, 15) is 0 Å². The molecule has 2 atom stereocenters. The summed E-state index contributed by atoms with van der Waals surface area (Å²) in [7, 11) is 3.64. The van der Waals surface area contributed by atoms with Crippen LogP contribution in [-0.2, 0) is 0 Å². The van der Waals surface area contributed by atoms with Gasteiger partial charge < -0.3 is 10.6 Å². The van der Waals surface area contributed by atoms with Crippen molar-refractivity contribution < 1.29 is 0 Å². The molecule has 1 aliphatic carbocycles. The molecular formula is C24H48N4S4. The van der Waals surface area contributed by atoms with Crippen molar-refractivity contribution in [2.75, 3.05) is 36.1 Å². The third-order valence-corrected chi connectivity index (χ3v) is 12.0. The van der Waals surface area contributed by atoms with Crippen LogP contribution in [0.15, 0.2) is 0 Å². The largest absolute Gasteiger partial charge is 0.373 e. The van der Waals surface area contributed by atoms with E-state index in [1.165, 1.54) is 25.7 Å². The summed E-state index contributed by atoms with van der Waals surface area (Å²) in [4.78, 5) is 0. The average molecular weight is 521 g/mol. The normalized spacial score (nSPS) is 18.8. The van der Waals surface area contributed by atoms with Crippen LogP contribution in [0.1, 0.15) is 80.1 Å². The van der Waals surface area contributed by atoms with Gasteiger partial charge in [-0.2, -0.15) is 23.5 Å². The molecule has 32 heavy (non-hydrogen) atoms. The van der Waals surface area contributed by atoms with Gasteiger partial charge in [0.2, 0.25) is 0 Å². The van der Waals surface area contributed by atoms with Crippen LogP contribution in [0, 0.1) is 22.2 Å². The molecule has 0 aromatic heterocycles. The molecule has 0 amide bonds. The Morgan fingerprint density at radius 3 is 1.84 bits per heavy atom. The third kappa shape index (κ3) is 12.7. The average Bonchev–Trinajstić information content (AvgIpc) is 2.72. The van der Waals surface area contributed by atoms with Crippen molar-refractivity contribution in [2.24, 2.45) is 11.3 Å². The quantitative estimate of drug-likeness (QED) is 0.0665. The van der Waals surface area contributed by atoms with Gasteiger partial charge in [0.05, 0.1) is 11.7 Å². The predicted octanol–water partition coefficient (Wildman–Crippen LogP) is 7.15. The highest BCUT2D eigenvalue weighted by Crippen LogP contribution is 2.49. The molecule has 0 spiro atoms. The lowest BCUT2D eigenvalue weighted by molar-refractivity contribution is 0.125. The SMILES string of the molecule is CCC(C)(C)SCCNC(=N)CCSSCCC(=N)NCCSC1CCC1C(C)(C)CC. The van der Waals surface area contributed by atoms with E-state index in [1.807, 2.05) is 33.3 Å². The van der Waals surface area contributed by atoms with Crippen LogP contribution in [0.2, 0.25) is 0 Å². The molecule has 1 saturated carbocycles. The highest BCUT2D eigenvalue weighted by Gasteiger charge is 2.40. The minimum atomic E-state index is 0.337. The summed E-state index contributed by atoms with van der Waals surface area (Å²) in [6.45, 7) is 15.7. The highest BCUT2D eigenvalue weighted by molar-refractivity contribution is 8.76. The van der Waals surface area contributed by atoms with Gasteiger partial charge in [0.15, 0.2) is 0 Å². The van der Waals surface area contributed by atoms with Crippen LogP contribution in [0.25, 0.3) is 0 Å². The molecule has 8 heteroatoms. The van der Waals surface area contributed by atoms with Crippen molar-refractivity contribution in [3.8, 4) is 0 Å². The third-order valence-electron chi connectivity index (χ3n) is 6.64. The maximum absolute atomic E-state index is 8.11. The minimum Gasteiger partial charge on any atom is -0.373 e. The highest BCUT2D eigenvalue weighted by atomic mass is 33.1. The van der Waals surface area contributed by atoms with Crippen molar-refractivity contribution in [3.63, 3.8) is 0 Å². The molecule has 0 heterocycles. The molecule has 1 aliphatic rings. The van der Waals surface area contributed by atoms with E-state index in [4.69, 9.17) is 10.8 Å². The smallest absolute Gasteiger partial charge is 0.0940 e. The fourth-order valence-electron chi connectivity index (χ4n) is 3.45. The number of hydrogen-bond acceptors (Lipinski definition) is 6. The number of nitrogens with one attached hydrogen (secondary N) is 4. The first-order valence-corrected chi connectivity index (χ1v) is 16.8. The molecule has 0 aliphatic heterocycles. The lowest BCUT2D eigenvalue weighted by Gasteiger charge is -2.46. The monoisotopic (exact) mass is 520 g/mol. The lowest BCUT2D eigenvalue weighted by Crippen LogP contribution is -2.40. The van der Waals surface area contributed by atoms with Gasteiger partial charge >= 0.3 is 0 Å². The van der Waals surface area contributed by atoms with Gasteiger partial charge in [-0.25, -0.2) is 0 Å². The Bertz CT molecular complexity index is 554. The maximum atomic E-state index is 8.11.